The van der Waals surface area contributed by atoms with E-state index < -0.39 is 0 Å². The van der Waals surface area contributed by atoms with Crippen molar-refractivity contribution in [1.82, 2.24) is 5.32 Å². The molecule has 1 rings (SSSR count). The molecular formula is C5H7BrN2O. The summed E-state index contributed by atoms with van der Waals surface area (Å²) in [6.07, 6.45) is 0.872. The van der Waals surface area contributed by atoms with Gasteiger partial charge in [0, 0.05) is 24.0 Å². The number of amides is 2. The summed E-state index contributed by atoms with van der Waals surface area (Å²) in [5, 5.41) is 3.31. The lowest BCUT2D eigenvalue weighted by atomic mass is 10.3. The molecule has 0 fully saturated rings. The molecule has 1 N–H and O–H groups in total. The zero-order chi connectivity index (χ0) is 6.69. The topological polar surface area (TPSA) is 41.5 Å². The molecule has 0 unspecified atom stereocenters. The van der Waals surface area contributed by atoms with Crippen molar-refractivity contribution in [2.45, 2.75) is 6.42 Å². The second-order valence-corrected chi connectivity index (χ2v) is 2.35. The van der Waals surface area contributed by atoms with E-state index in [9.17, 15) is 4.79 Å². The summed E-state index contributed by atoms with van der Waals surface area (Å²) in [5.41, 5.74) is 0.929. The van der Waals surface area contributed by atoms with Gasteiger partial charge >= 0.3 is 6.03 Å². The van der Waals surface area contributed by atoms with Gasteiger partial charge in [0.1, 0.15) is 0 Å². The fourth-order valence-corrected chi connectivity index (χ4v) is 1.06. The van der Waals surface area contributed by atoms with Crippen LogP contribution in [0.4, 0.5) is 4.79 Å². The molecule has 1 aliphatic heterocycles. The van der Waals surface area contributed by atoms with Gasteiger partial charge in [-0.1, -0.05) is 15.9 Å². The van der Waals surface area contributed by atoms with E-state index in [1.54, 1.807) is 0 Å². The molecule has 50 valence electrons. The monoisotopic (exact) mass is 190 g/mol. The number of aliphatic imine (C=N–C) groups is 1. The Morgan fingerprint density at radius 3 is 3.00 bits per heavy atom. The number of nitrogens with zero attached hydrogens (tertiary/aromatic N) is 1. The predicted octanol–water partition coefficient (Wildman–Crippen LogP) is 0.936. The highest BCUT2D eigenvalue weighted by Crippen LogP contribution is 1.97. The van der Waals surface area contributed by atoms with Gasteiger partial charge < -0.3 is 5.32 Å². The van der Waals surface area contributed by atoms with Gasteiger partial charge in [0.05, 0.1) is 0 Å². The minimum atomic E-state index is -0.212. The maximum absolute atomic E-state index is 10.5. The first-order chi connectivity index (χ1) is 4.33. The Kier molecular flexibility index (Phi) is 2.22. The summed E-state index contributed by atoms with van der Waals surface area (Å²) in [4.78, 5) is 14.2. The van der Waals surface area contributed by atoms with Gasteiger partial charge in [0.2, 0.25) is 0 Å². The van der Waals surface area contributed by atoms with E-state index in [2.05, 4.69) is 26.2 Å². The first-order valence-electron chi connectivity index (χ1n) is 2.73. The largest absolute Gasteiger partial charge is 0.340 e. The van der Waals surface area contributed by atoms with Crippen LogP contribution in [0.25, 0.3) is 0 Å². The summed E-state index contributed by atoms with van der Waals surface area (Å²) in [7, 11) is 0. The first-order valence-corrected chi connectivity index (χ1v) is 3.85. The van der Waals surface area contributed by atoms with Gasteiger partial charge in [-0.25, -0.2) is 9.79 Å². The second-order valence-electron chi connectivity index (χ2n) is 1.79. The summed E-state index contributed by atoms with van der Waals surface area (Å²) < 4.78 is 0. The maximum atomic E-state index is 10.5. The predicted molar refractivity (Wildman–Crippen MR) is 39.2 cm³/mol. The van der Waals surface area contributed by atoms with Gasteiger partial charge in [-0.3, -0.25) is 0 Å². The number of carbonyl (C=O) groups excluding carboxylic acids is 1. The lowest BCUT2D eigenvalue weighted by Crippen LogP contribution is -2.29. The Morgan fingerprint density at radius 2 is 2.56 bits per heavy atom. The standard InChI is InChI=1S/C5H7BrN2O/c6-3-4-1-2-7-5(9)8-4/h1-3H2,(H,7,9). The zero-order valence-corrected chi connectivity index (χ0v) is 6.44. The second kappa shape index (κ2) is 2.96. The highest BCUT2D eigenvalue weighted by atomic mass is 79.9. The third-order valence-corrected chi connectivity index (χ3v) is 1.75. The smallest absolute Gasteiger partial charge is 0.336 e. The van der Waals surface area contributed by atoms with Crippen LogP contribution in [0.5, 0.6) is 0 Å². The number of carbonyl (C=O) groups is 1. The van der Waals surface area contributed by atoms with Crippen molar-refractivity contribution in [3.05, 3.63) is 0 Å². The molecule has 2 amide bonds. The van der Waals surface area contributed by atoms with Crippen LogP contribution in [-0.2, 0) is 0 Å². The van der Waals surface area contributed by atoms with Gasteiger partial charge in [-0.15, -0.1) is 0 Å². The van der Waals surface area contributed by atoms with Crippen molar-refractivity contribution in [1.29, 1.82) is 0 Å². The fourth-order valence-electron chi connectivity index (χ4n) is 0.649. The Morgan fingerprint density at radius 1 is 1.78 bits per heavy atom. The van der Waals surface area contributed by atoms with Gasteiger partial charge in [-0.2, -0.15) is 0 Å². The van der Waals surface area contributed by atoms with Crippen LogP contribution in [0.2, 0.25) is 0 Å². The van der Waals surface area contributed by atoms with Crippen molar-refractivity contribution in [3.63, 3.8) is 0 Å². The number of alkyl halides is 1. The molecule has 4 heteroatoms. The van der Waals surface area contributed by atoms with E-state index in [1.165, 1.54) is 0 Å². The number of nitrogens with one attached hydrogen (secondary N) is 1. The molecule has 0 aromatic heterocycles. The Hall–Kier alpha value is -0.380. The van der Waals surface area contributed by atoms with Crippen molar-refractivity contribution < 1.29 is 4.79 Å². The number of hydrogen-bond donors (Lipinski definition) is 1. The normalized spacial score (nSPS) is 18.8. The highest BCUT2D eigenvalue weighted by Gasteiger charge is 2.07. The maximum Gasteiger partial charge on any atom is 0.340 e. The molecule has 1 aliphatic rings. The number of urea groups is 1. The number of halogens is 1. The lowest BCUT2D eigenvalue weighted by molar-refractivity contribution is 0.248. The summed E-state index contributed by atoms with van der Waals surface area (Å²) in [5.74, 6) is 0. The molecule has 9 heavy (non-hydrogen) atoms. The molecule has 0 radical (unpaired) electrons. The van der Waals surface area contributed by atoms with Crippen molar-refractivity contribution in [2.24, 2.45) is 4.99 Å². The average Bonchev–Trinajstić information content (AvgIpc) is 1.88. The van der Waals surface area contributed by atoms with Crippen LogP contribution in [0.3, 0.4) is 0 Å². The minimum absolute atomic E-state index is 0.212. The molecule has 1 heterocycles. The van der Waals surface area contributed by atoms with E-state index in [0.29, 0.717) is 5.33 Å². The molecule has 0 aromatic carbocycles. The fraction of sp³-hybridized carbons (Fsp3) is 0.600. The number of rotatable bonds is 1. The molecule has 0 bridgehead atoms. The van der Waals surface area contributed by atoms with E-state index in [4.69, 9.17) is 0 Å². The van der Waals surface area contributed by atoms with Crippen LogP contribution < -0.4 is 5.32 Å². The Labute approximate surface area is 61.7 Å². The quantitative estimate of drug-likeness (QED) is 0.615. The van der Waals surface area contributed by atoms with E-state index in [0.717, 1.165) is 18.7 Å². The van der Waals surface area contributed by atoms with Crippen LogP contribution in [-0.4, -0.2) is 23.6 Å². The minimum Gasteiger partial charge on any atom is -0.336 e. The molecule has 0 saturated carbocycles. The van der Waals surface area contributed by atoms with Gasteiger partial charge in [0.25, 0.3) is 0 Å². The third kappa shape index (κ3) is 1.78. The van der Waals surface area contributed by atoms with Crippen molar-refractivity contribution >= 4 is 27.7 Å². The van der Waals surface area contributed by atoms with E-state index >= 15 is 0 Å². The molecule has 0 saturated heterocycles. The van der Waals surface area contributed by atoms with E-state index in [1.807, 2.05) is 0 Å². The van der Waals surface area contributed by atoms with Gasteiger partial charge in [-0.05, 0) is 0 Å². The van der Waals surface area contributed by atoms with Crippen molar-refractivity contribution in [2.75, 3.05) is 11.9 Å². The summed E-state index contributed by atoms with van der Waals surface area (Å²) in [6, 6.07) is -0.212. The SMILES string of the molecule is O=C1N=C(CBr)CCN1. The van der Waals surface area contributed by atoms with E-state index in [-0.39, 0.29) is 6.03 Å². The molecule has 0 spiro atoms. The van der Waals surface area contributed by atoms with Crippen molar-refractivity contribution in [3.8, 4) is 0 Å². The van der Waals surface area contributed by atoms with Crippen LogP contribution in [0, 0.1) is 0 Å². The lowest BCUT2D eigenvalue weighted by Gasteiger charge is -2.08. The summed E-state index contributed by atoms with van der Waals surface area (Å²) in [6.45, 7) is 0.725. The van der Waals surface area contributed by atoms with Gasteiger partial charge in [0.15, 0.2) is 0 Å². The zero-order valence-electron chi connectivity index (χ0n) is 4.85. The molecule has 0 aromatic rings. The highest BCUT2D eigenvalue weighted by molar-refractivity contribution is 9.09. The molecule has 3 nitrogen and oxygen atoms in total. The van der Waals surface area contributed by atoms with Crippen LogP contribution in [0.15, 0.2) is 4.99 Å². The summed E-state index contributed by atoms with van der Waals surface area (Å²) >= 11 is 3.23. The molecule has 0 atom stereocenters. The Bertz CT molecular complexity index is 155. The number of hydrogen-bond acceptors (Lipinski definition) is 1. The van der Waals surface area contributed by atoms with Crippen LogP contribution in [0.1, 0.15) is 6.42 Å². The first kappa shape index (κ1) is 6.74. The third-order valence-electron chi connectivity index (χ3n) is 1.10. The Balaban J connectivity index is 2.59. The molecule has 0 aliphatic carbocycles. The molecular weight excluding hydrogens is 184 g/mol. The van der Waals surface area contributed by atoms with Crippen LogP contribution >= 0.6 is 15.9 Å². The average molecular weight is 191 g/mol.